The highest BCUT2D eigenvalue weighted by Crippen LogP contribution is 2.21. The van der Waals surface area contributed by atoms with E-state index in [0.29, 0.717) is 41.0 Å². The molecule has 0 aliphatic carbocycles. The van der Waals surface area contributed by atoms with Gasteiger partial charge in [-0.25, -0.2) is 18.4 Å². The first kappa shape index (κ1) is 24.5. The molecule has 0 saturated heterocycles. The van der Waals surface area contributed by atoms with Gasteiger partial charge in [0.2, 0.25) is 5.91 Å². The Morgan fingerprint density at radius 3 is 2.42 bits per heavy atom. The lowest BCUT2D eigenvalue weighted by atomic mass is 10.2. The van der Waals surface area contributed by atoms with E-state index < -0.39 is 10.0 Å². The minimum atomic E-state index is -3.82. The van der Waals surface area contributed by atoms with Crippen molar-refractivity contribution in [3.05, 3.63) is 70.6 Å². The van der Waals surface area contributed by atoms with E-state index in [1.165, 1.54) is 24.3 Å². The van der Waals surface area contributed by atoms with E-state index in [4.69, 9.17) is 16.3 Å². The van der Waals surface area contributed by atoms with E-state index in [0.717, 1.165) is 5.56 Å². The van der Waals surface area contributed by atoms with Crippen molar-refractivity contribution in [2.24, 2.45) is 0 Å². The second-order valence-corrected chi connectivity index (χ2v) is 9.57. The third kappa shape index (κ3) is 7.16. The second-order valence-electron chi connectivity index (χ2n) is 7.48. The third-order valence-electron chi connectivity index (χ3n) is 4.60. The third-order valence-corrected chi connectivity index (χ3v) is 6.39. The van der Waals surface area contributed by atoms with Crippen molar-refractivity contribution in [3.8, 4) is 5.75 Å². The van der Waals surface area contributed by atoms with E-state index in [9.17, 15) is 13.2 Å². The van der Waals surface area contributed by atoms with Crippen molar-refractivity contribution in [1.82, 2.24) is 9.97 Å². The number of hydrogen-bond acceptors (Lipinski definition) is 6. The summed E-state index contributed by atoms with van der Waals surface area (Å²) in [5.74, 6) is 1.19. The summed E-state index contributed by atoms with van der Waals surface area (Å²) in [5.41, 5.74) is 2.09. The molecule has 0 spiro atoms. The molecular formula is C23H25ClN4O4S. The Hall–Kier alpha value is -3.17. The van der Waals surface area contributed by atoms with E-state index >= 15 is 0 Å². The molecule has 174 valence electrons. The molecule has 0 aliphatic heterocycles. The van der Waals surface area contributed by atoms with Crippen LogP contribution in [0.2, 0.25) is 5.02 Å². The lowest BCUT2D eigenvalue weighted by Crippen LogP contribution is -2.15. The first-order chi connectivity index (χ1) is 15.6. The van der Waals surface area contributed by atoms with Gasteiger partial charge in [0.05, 0.1) is 11.5 Å². The highest BCUT2D eigenvalue weighted by molar-refractivity contribution is 7.92. The predicted molar refractivity (Wildman–Crippen MR) is 128 cm³/mol. The molecular weight excluding hydrogens is 464 g/mol. The van der Waals surface area contributed by atoms with Crippen LogP contribution in [0.1, 0.15) is 29.9 Å². The zero-order valence-corrected chi connectivity index (χ0v) is 20.1. The Bertz CT molecular complexity index is 1230. The normalized spacial score (nSPS) is 11.2. The fourth-order valence-electron chi connectivity index (χ4n) is 3.04. The van der Waals surface area contributed by atoms with Crippen molar-refractivity contribution in [1.29, 1.82) is 0 Å². The highest BCUT2D eigenvalue weighted by Gasteiger charge is 2.16. The summed E-state index contributed by atoms with van der Waals surface area (Å²) < 4.78 is 33.3. The summed E-state index contributed by atoms with van der Waals surface area (Å²) in [6.07, 6.45) is 0.794. The summed E-state index contributed by atoms with van der Waals surface area (Å²) in [6, 6.07) is 12.9. The molecule has 2 aromatic carbocycles. The highest BCUT2D eigenvalue weighted by atomic mass is 35.5. The van der Waals surface area contributed by atoms with Gasteiger partial charge in [-0.2, -0.15) is 0 Å². The molecule has 2 N–H and O–H groups in total. The Labute approximate surface area is 198 Å². The first-order valence-corrected chi connectivity index (χ1v) is 12.1. The molecule has 1 amide bonds. The molecule has 0 radical (unpaired) electrons. The summed E-state index contributed by atoms with van der Waals surface area (Å²) in [5, 5.41) is 3.43. The molecule has 1 heterocycles. The second kappa shape index (κ2) is 10.6. The number of amides is 1. The first-order valence-electron chi connectivity index (χ1n) is 10.3. The van der Waals surface area contributed by atoms with Gasteiger partial charge in [0.15, 0.2) is 0 Å². The number of aryl methyl sites for hydroxylation is 3. The maximum atomic E-state index is 12.6. The van der Waals surface area contributed by atoms with Gasteiger partial charge < -0.3 is 10.1 Å². The van der Waals surface area contributed by atoms with Gasteiger partial charge in [0.25, 0.3) is 10.0 Å². The number of aromatic nitrogens is 2. The SMILES string of the molecule is Cc1cc(NS(=O)(=O)c2ccc(NC(=O)CCCOc3ccc(Cl)c(C)c3)cc2)nc(C)n1. The minimum Gasteiger partial charge on any atom is -0.494 e. The quantitative estimate of drug-likeness (QED) is 0.424. The van der Waals surface area contributed by atoms with Crippen LogP contribution in [-0.2, 0) is 14.8 Å². The van der Waals surface area contributed by atoms with Crippen LogP contribution in [0.3, 0.4) is 0 Å². The number of nitrogens with zero attached hydrogens (tertiary/aromatic N) is 2. The molecule has 33 heavy (non-hydrogen) atoms. The standard InChI is InChI=1S/C23H25ClN4O4S/c1-15-13-19(8-11-21(15)24)32-12-4-5-23(29)27-18-6-9-20(10-7-18)33(30,31)28-22-14-16(2)25-17(3)26-22/h6-11,13-14H,4-5,12H2,1-3H3,(H,27,29)(H,25,26,28). The van der Waals surface area contributed by atoms with Crippen molar-refractivity contribution in [2.75, 3.05) is 16.6 Å². The van der Waals surface area contributed by atoms with E-state index in [2.05, 4.69) is 20.0 Å². The Balaban J connectivity index is 1.49. The van der Waals surface area contributed by atoms with Gasteiger partial charge in [-0.15, -0.1) is 0 Å². The number of halogens is 1. The van der Waals surface area contributed by atoms with Crippen LogP contribution in [-0.4, -0.2) is 30.9 Å². The number of benzene rings is 2. The lowest BCUT2D eigenvalue weighted by Gasteiger charge is -2.10. The number of ether oxygens (including phenoxy) is 1. The molecule has 3 aromatic rings. The van der Waals surface area contributed by atoms with E-state index in [1.54, 1.807) is 32.0 Å². The molecule has 10 heteroatoms. The minimum absolute atomic E-state index is 0.0566. The summed E-state index contributed by atoms with van der Waals surface area (Å²) in [6.45, 7) is 5.73. The summed E-state index contributed by atoms with van der Waals surface area (Å²) in [4.78, 5) is 20.5. The van der Waals surface area contributed by atoms with Crippen LogP contribution in [0.15, 0.2) is 53.4 Å². The van der Waals surface area contributed by atoms with Crippen molar-refractivity contribution >= 4 is 39.0 Å². The van der Waals surface area contributed by atoms with Gasteiger partial charge in [-0.05, 0) is 75.2 Å². The number of anilines is 2. The van der Waals surface area contributed by atoms with Crippen LogP contribution >= 0.6 is 11.6 Å². The number of hydrogen-bond donors (Lipinski definition) is 2. The van der Waals surface area contributed by atoms with Gasteiger partial charge in [-0.1, -0.05) is 11.6 Å². The van der Waals surface area contributed by atoms with Gasteiger partial charge in [0, 0.05) is 28.9 Å². The molecule has 0 fully saturated rings. The molecule has 0 aliphatic rings. The summed E-state index contributed by atoms with van der Waals surface area (Å²) >= 11 is 5.99. The molecule has 8 nitrogen and oxygen atoms in total. The molecule has 0 saturated carbocycles. The maximum Gasteiger partial charge on any atom is 0.263 e. The molecule has 0 atom stereocenters. The van der Waals surface area contributed by atoms with Crippen molar-refractivity contribution < 1.29 is 17.9 Å². The van der Waals surface area contributed by atoms with Crippen LogP contribution in [0.4, 0.5) is 11.5 Å². The maximum absolute atomic E-state index is 12.6. The lowest BCUT2D eigenvalue weighted by molar-refractivity contribution is -0.116. The largest absolute Gasteiger partial charge is 0.494 e. The van der Waals surface area contributed by atoms with Crippen LogP contribution in [0, 0.1) is 20.8 Å². The van der Waals surface area contributed by atoms with E-state index in [1.807, 2.05) is 13.0 Å². The Morgan fingerprint density at radius 2 is 1.76 bits per heavy atom. The van der Waals surface area contributed by atoms with Gasteiger partial charge in [0.1, 0.15) is 17.4 Å². The smallest absolute Gasteiger partial charge is 0.263 e. The fraction of sp³-hybridized carbons (Fsp3) is 0.261. The van der Waals surface area contributed by atoms with Crippen molar-refractivity contribution in [3.63, 3.8) is 0 Å². The number of carbonyl (C=O) groups is 1. The number of sulfonamides is 1. The monoisotopic (exact) mass is 488 g/mol. The topological polar surface area (TPSA) is 110 Å². The Morgan fingerprint density at radius 1 is 1.03 bits per heavy atom. The molecule has 3 rings (SSSR count). The molecule has 0 bridgehead atoms. The van der Waals surface area contributed by atoms with Crippen molar-refractivity contribution in [2.45, 2.75) is 38.5 Å². The van der Waals surface area contributed by atoms with Crippen LogP contribution in [0.25, 0.3) is 0 Å². The number of nitrogens with one attached hydrogen (secondary N) is 2. The van der Waals surface area contributed by atoms with Crippen LogP contribution in [0.5, 0.6) is 5.75 Å². The fourth-order valence-corrected chi connectivity index (χ4v) is 4.15. The Kier molecular flexibility index (Phi) is 7.88. The molecule has 1 aromatic heterocycles. The summed E-state index contributed by atoms with van der Waals surface area (Å²) in [7, 11) is -3.82. The van der Waals surface area contributed by atoms with Gasteiger partial charge >= 0.3 is 0 Å². The molecule has 0 unspecified atom stereocenters. The number of carbonyl (C=O) groups excluding carboxylic acids is 1. The predicted octanol–water partition coefficient (Wildman–Crippen LogP) is 4.65. The zero-order chi connectivity index (χ0) is 24.0. The average Bonchev–Trinajstić information content (AvgIpc) is 2.73. The average molecular weight is 489 g/mol. The van der Waals surface area contributed by atoms with Crippen LogP contribution < -0.4 is 14.8 Å². The van der Waals surface area contributed by atoms with E-state index in [-0.39, 0.29) is 23.0 Å². The zero-order valence-electron chi connectivity index (χ0n) is 18.6. The number of rotatable bonds is 9. The van der Waals surface area contributed by atoms with Gasteiger partial charge in [-0.3, -0.25) is 9.52 Å².